The van der Waals surface area contributed by atoms with Crippen molar-refractivity contribution in [3.8, 4) is 5.75 Å². The Morgan fingerprint density at radius 1 is 1.06 bits per heavy atom. The Kier molecular flexibility index (Phi) is 8.60. The Hall–Kier alpha value is -2.25. The smallest absolute Gasteiger partial charge is 0.265 e. The molecule has 1 aromatic rings. The Bertz CT molecular complexity index is 1010. The summed E-state index contributed by atoms with van der Waals surface area (Å²) in [6, 6.07) is 4.43. The van der Waals surface area contributed by atoms with Gasteiger partial charge in [0.2, 0.25) is 15.9 Å². The fourth-order valence-electron chi connectivity index (χ4n) is 4.51. The van der Waals surface area contributed by atoms with Gasteiger partial charge >= 0.3 is 0 Å². The van der Waals surface area contributed by atoms with Crippen LogP contribution in [0.1, 0.15) is 13.3 Å². The number of likely N-dealkylation sites (N-methyl/N-ethyl adjacent to an activating group) is 1. The largest absolute Gasteiger partial charge is 0.482 e. The first kappa shape index (κ1) is 25.8. The summed E-state index contributed by atoms with van der Waals surface area (Å²) in [6.07, 6.45) is 0.827. The van der Waals surface area contributed by atoms with Gasteiger partial charge in [0.25, 0.3) is 5.91 Å². The average molecular weight is 510 g/mol. The molecule has 0 bridgehead atoms. The van der Waals surface area contributed by atoms with E-state index in [1.54, 1.807) is 0 Å². The summed E-state index contributed by atoms with van der Waals surface area (Å²) >= 11 is 0. The number of fused-ring (bicyclic) bond motifs is 1. The van der Waals surface area contributed by atoms with Crippen LogP contribution in [0.25, 0.3) is 0 Å². The third-order valence-electron chi connectivity index (χ3n) is 6.67. The monoisotopic (exact) mass is 509 g/mol. The summed E-state index contributed by atoms with van der Waals surface area (Å²) < 4.78 is 38.2. The van der Waals surface area contributed by atoms with Crippen molar-refractivity contribution in [2.24, 2.45) is 0 Å². The number of carbonyl (C=O) groups excluding carboxylic acids is 2. The molecule has 0 atom stereocenters. The molecule has 35 heavy (non-hydrogen) atoms. The molecule has 0 saturated carbocycles. The number of sulfonamides is 1. The van der Waals surface area contributed by atoms with E-state index in [9.17, 15) is 18.0 Å². The van der Waals surface area contributed by atoms with Crippen molar-refractivity contribution in [1.29, 1.82) is 0 Å². The highest BCUT2D eigenvalue weighted by atomic mass is 32.2. The summed E-state index contributed by atoms with van der Waals surface area (Å²) in [6.45, 7) is 9.75. The summed E-state index contributed by atoms with van der Waals surface area (Å²) in [4.78, 5) is 31.4. The predicted molar refractivity (Wildman–Crippen MR) is 130 cm³/mol. The average Bonchev–Trinajstić information content (AvgIpc) is 2.89. The van der Waals surface area contributed by atoms with E-state index in [1.165, 1.54) is 27.4 Å². The van der Waals surface area contributed by atoms with Crippen molar-refractivity contribution < 1.29 is 27.5 Å². The molecule has 12 heteroatoms. The van der Waals surface area contributed by atoms with E-state index in [1.807, 2.05) is 0 Å². The third-order valence-corrected chi connectivity index (χ3v) is 8.56. The predicted octanol–water partition coefficient (Wildman–Crippen LogP) is -0.423. The normalized spacial score (nSPS) is 20.4. The molecular weight excluding hydrogens is 474 g/mol. The molecular formula is C23H35N5O6S. The first-order valence-electron chi connectivity index (χ1n) is 12.2. The highest BCUT2D eigenvalue weighted by Gasteiger charge is 2.32. The van der Waals surface area contributed by atoms with Gasteiger partial charge in [-0.05, 0) is 37.7 Å². The maximum atomic E-state index is 13.1. The second-order valence-corrected chi connectivity index (χ2v) is 10.8. The van der Waals surface area contributed by atoms with E-state index in [-0.39, 0.29) is 43.0 Å². The second kappa shape index (κ2) is 11.7. The minimum absolute atomic E-state index is 0.0602. The van der Waals surface area contributed by atoms with Gasteiger partial charge in [-0.2, -0.15) is 4.31 Å². The lowest BCUT2D eigenvalue weighted by molar-refractivity contribution is -0.125. The highest BCUT2D eigenvalue weighted by molar-refractivity contribution is 7.89. The maximum absolute atomic E-state index is 13.1. The fourth-order valence-corrected chi connectivity index (χ4v) is 5.94. The van der Waals surface area contributed by atoms with Crippen LogP contribution >= 0.6 is 0 Å². The van der Waals surface area contributed by atoms with Crippen LogP contribution in [0.5, 0.6) is 5.75 Å². The molecule has 0 aliphatic carbocycles. The van der Waals surface area contributed by atoms with Gasteiger partial charge in [0.05, 0.1) is 23.8 Å². The Labute approximate surface area is 207 Å². The quantitative estimate of drug-likeness (QED) is 0.447. The van der Waals surface area contributed by atoms with E-state index in [4.69, 9.17) is 9.47 Å². The van der Waals surface area contributed by atoms with E-state index >= 15 is 0 Å². The molecule has 1 N–H and O–H groups in total. The zero-order valence-electron chi connectivity index (χ0n) is 20.3. The third kappa shape index (κ3) is 6.31. The minimum Gasteiger partial charge on any atom is -0.482 e. The number of anilines is 1. The summed E-state index contributed by atoms with van der Waals surface area (Å²) in [7, 11) is -3.75. The van der Waals surface area contributed by atoms with Gasteiger partial charge in [-0.25, -0.2) is 8.42 Å². The molecule has 194 valence electrons. The fraction of sp³-hybridized carbons (Fsp3) is 0.652. The molecule has 3 aliphatic heterocycles. The molecule has 4 rings (SSSR count). The van der Waals surface area contributed by atoms with E-state index in [2.05, 4.69) is 22.0 Å². The molecule has 3 aliphatic rings. The maximum Gasteiger partial charge on any atom is 0.265 e. The Morgan fingerprint density at radius 2 is 1.77 bits per heavy atom. The van der Waals surface area contributed by atoms with Crippen molar-refractivity contribution in [3.05, 3.63) is 18.2 Å². The molecule has 2 fully saturated rings. The van der Waals surface area contributed by atoms with Crippen molar-refractivity contribution in [2.75, 3.05) is 90.2 Å². The first-order valence-corrected chi connectivity index (χ1v) is 13.7. The van der Waals surface area contributed by atoms with Crippen LogP contribution in [0.2, 0.25) is 0 Å². The first-order chi connectivity index (χ1) is 16.9. The van der Waals surface area contributed by atoms with Crippen molar-refractivity contribution >= 4 is 27.5 Å². The Morgan fingerprint density at radius 3 is 2.49 bits per heavy atom. The van der Waals surface area contributed by atoms with Gasteiger partial charge in [-0.3, -0.25) is 14.5 Å². The van der Waals surface area contributed by atoms with Crippen LogP contribution in [0, 0.1) is 0 Å². The van der Waals surface area contributed by atoms with Crippen LogP contribution in [-0.2, 0) is 24.3 Å². The molecule has 0 spiro atoms. The van der Waals surface area contributed by atoms with Crippen LogP contribution in [0.3, 0.4) is 0 Å². The van der Waals surface area contributed by atoms with Crippen molar-refractivity contribution in [1.82, 2.24) is 19.4 Å². The molecule has 1 aromatic carbocycles. The summed E-state index contributed by atoms with van der Waals surface area (Å²) in [5.74, 6) is -0.296. The number of nitrogens with zero attached hydrogens (tertiary/aromatic N) is 4. The van der Waals surface area contributed by atoms with Gasteiger partial charge in [0.1, 0.15) is 12.3 Å². The second-order valence-electron chi connectivity index (χ2n) is 8.89. The summed E-state index contributed by atoms with van der Waals surface area (Å²) in [5, 5.41) is 2.89. The lowest BCUT2D eigenvalue weighted by atomic mass is 10.2. The number of ether oxygens (including phenoxy) is 2. The number of nitrogens with one attached hydrogen (secondary N) is 1. The molecule has 2 saturated heterocycles. The standard InChI is InChI=1S/C23H35N5O6S/c1-2-25-8-10-26(11-9-25)7-3-6-24-22(29)17-28-20-16-19(4-5-21(20)34-18-23(28)30)35(31,32)27-12-14-33-15-13-27/h4-5,16H,2-3,6-15,17-18H2,1H3,(H,24,29). The molecule has 0 unspecified atom stereocenters. The number of hydrogen-bond acceptors (Lipinski definition) is 8. The van der Waals surface area contributed by atoms with Crippen LogP contribution < -0.4 is 15.0 Å². The topological polar surface area (TPSA) is 112 Å². The van der Waals surface area contributed by atoms with Gasteiger partial charge in [-0.1, -0.05) is 6.92 Å². The van der Waals surface area contributed by atoms with Gasteiger partial charge < -0.3 is 24.6 Å². The zero-order valence-corrected chi connectivity index (χ0v) is 21.1. The van der Waals surface area contributed by atoms with Gasteiger partial charge in [-0.15, -0.1) is 0 Å². The lowest BCUT2D eigenvalue weighted by Gasteiger charge is -2.34. The van der Waals surface area contributed by atoms with Crippen LogP contribution in [-0.4, -0.2) is 120 Å². The summed E-state index contributed by atoms with van der Waals surface area (Å²) in [5.41, 5.74) is 0.291. The van der Waals surface area contributed by atoms with Gasteiger partial charge in [0.15, 0.2) is 6.61 Å². The number of amides is 2. The van der Waals surface area contributed by atoms with Crippen LogP contribution in [0.15, 0.2) is 23.1 Å². The SMILES string of the molecule is CCN1CCN(CCCNC(=O)CN2C(=O)COc3ccc(S(=O)(=O)N4CCOCC4)cc32)CC1. The van der Waals surface area contributed by atoms with Crippen LogP contribution in [0.4, 0.5) is 5.69 Å². The van der Waals surface area contributed by atoms with Crippen molar-refractivity contribution in [3.63, 3.8) is 0 Å². The minimum atomic E-state index is -3.75. The molecule has 2 amide bonds. The number of hydrogen-bond donors (Lipinski definition) is 1. The number of benzene rings is 1. The number of carbonyl (C=O) groups is 2. The molecule has 3 heterocycles. The number of morpholine rings is 1. The van der Waals surface area contributed by atoms with E-state index < -0.39 is 10.0 Å². The molecule has 0 radical (unpaired) electrons. The number of piperazine rings is 1. The van der Waals surface area contributed by atoms with E-state index in [0.717, 1.165) is 45.7 Å². The Balaban J connectivity index is 1.34. The van der Waals surface area contributed by atoms with Crippen molar-refractivity contribution in [2.45, 2.75) is 18.2 Å². The number of rotatable bonds is 9. The van der Waals surface area contributed by atoms with E-state index in [0.29, 0.717) is 31.2 Å². The molecule has 0 aromatic heterocycles. The highest BCUT2D eigenvalue weighted by Crippen LogP contribution is 2.35. The molecule has 11 nitrogen and oxygen atoms in total. The zero-order chi connectivity index (χ0) is 24.8. The van der Waals surface area contributed by atoms with Gasteiger partial charge in [0, 0.05) is 45.8 Å². The lowest BCUT2D eigenvalue weighted by Crippen LogP contribution is -2.47.